The van der Waals surface area contributed by atoms with Gasteiger partial charge in [0.05, 0.1) is 37.0 Å². The van der Waals surface area contributed by atoms with Gasteiger partial charge in [0, 0.05) is 38.7 Å². The monoisotopic (exact) mass is 569 g/mol. The van der Waals surface area contributed by atoms with E-state index in [2.05, 4.69) is 22.9 Å². The number of hydrogen-bond acceptors (Lipinski definition) is 10. The molecule has 212 valence electrons. The first-order chi connectivity index (χ1) is 18.8. The lowest BCUT2D eigenvalue weighted by Gasteiger charge is -2.42. The molecule has 2 amide bonds. The van der Waals surface area contributed by atoms with Crippen LogP contribution in [0.4, 0.5) is 10.6 Å². The van der Waals surface area contributed by atoms with Crippen molar-refractivity contribution in [3.63, 3.8) is 0 Å². The van der Waals surface area contributed by atoms with Gasteiger partial charge in [0.15, 0.2) is 5.76 Å². The molecule has 0 aliphatic carbocycles. The summed E-state index contributed by atoms with van der Waals surface area (Å²) in [5, 5.41) is 14.6. The number of nitriles is 1. The molecule has 2 aromatic heterocycles. The number of anilines is 1. The van der Waals surface area contributed by atoms with Gasteiger partial charge in [-0.3, -0.25) is 4.79 Å². The van der Waals surface area contributed by atoms with Crippen LogP contribution in [0.3, 0.4) is 0 Å². The first-order valence-corrected chi connectivity index (χ1v) is 14.2. The van der Waals surface area contributed by atoms with Crippen LogP contribution in [-0.4, -0.2) is 78.0 Å². The third-order valence-corrected chi connectivity index (χ3v) is 7.37. The highest BCUT2D eigenvalue weighted by atomic mass is 32.2. The van der Waals surface area contributed by atoms with Crippen molar-refractivity contribution in [1.82, 2.24) is 19.8 Å². The Kier molecular flexibility index (Phi) is 8.05. The van der Waals surface area contributed by atoms with Gasteiger partial charge < -0.3 is 23.9 Å². The average Bonchev–Trinajstić information content (AvgIpc) is 3.35. The summed E-state index contributed by atoms with van der Waals surface area (Å²) in [6.07, 6.45) is 1.33. The lowest BCUT2D eigenvalue weighted by atomic mass is 10.0. The fourth-order valence-corrected chi connectivity index (χ4v) is 5.28. The summed E-state index contributed by atoms with van der Waals surface area (Å²) < 4.78 is 34.4. The Labute approximate surface area is 232 Å². The van der Waals surface area contributed by atoms with E-state index >= 15 is 0 Å². The number of sulfonamides is 1. The van der Waals surface area contributed by atoms with Gasteiger partial charge in [0.1, 0.15) is 16.3 Å². The molecule has 0 bridgehead atoms. The number of carbonyl (C=O) groups is 2. The summed E-state index contributed by atoms with van der Waals surface area (Å²) in [6.45, 7) is 8.67. The van der Waals surface area contributed by atoms with E-state index in [0.717, 1.165) is 5.56 Å². The van der Waals surface area contributed by atoms with Crippen LogP contribution in [-0.2, 0) is 32.5 Å². The molecule has 0 radical (unpaired) electrons. The molecule has 13 nitrogen and oxygen atoms in total. The Morgan fingerprint density at radius 3 is 2.62 bits per heavy atom. The van der Waals surface area contributed by atoms with E-state index in [1.807, 2.05) is 4.90 Å². The number of rotatable bonds is 3. The number of primary sulfonamides is 1. The quantitative estimate of drug-likeness (QED) is 0.531. The van der Waals surface area contributed by atoms with Gasteiger partial charge in [-0.25, -0.2) is 28.3 Å². The van der Waals surface area contributed by atoms with Crippen molar-refractivity contribution in [1.29, 1.82) is 5.26 Å². The number of fused-ring (bicyclic) bond motifs is 1. The minimum absolute atomic E-state index is 0.0855. The first-order valence-electron chi connectivity index (χ1n) is 12.7. The molecule has 4 rings (SSSR count). The predicted octanol–water partition coefficient (Wildman–Crippen LogP) is 1.36. The van der Waals surface area contributed by atoms with Crippen LogP contribution in [0.1, 0.15) is 57.0 Å². The summed E-state index contributed by atoms with van der Waals surface area (Å²) in [5.41, 5.74) is 0.741. The standard InChI is InChI=1S/C26H31N7O6S/c1-17(34)33-13-12-31(15-18(33)7-10-27)24-19-8-11-32(25(35)39-26(2,3)4)16-20(19)29-23(30-24)6-5-21-22(9-14-38-21)40(28,36)37/h9,14,18H,7-8,11-13,15-16H2,1-4H3,(H2,28,36,37)/t18-/m0/s1. The van der Waals surface area contributed by atoms with Gasteiger partial charge in [0.25, 0.3) is 0 Å². The van der Waals surface area contributed by atoms with E-state index in [0.29, 0.717) is 44.1 Å². The van der Waals surface area contributed by atoms with Crippen LogP contribution in [0.15, 0.2) is 21.6 Å². The van der Waals surface area contributed by atoms with E-state index in [4.69, 9.17) is 19.3 Å². The molecular formula is C26H31N7O6S. The maximum absolute atomic E-state index is 12.8. The molecule has 0 unspecified atom stereocenters. The largest absolute Gasteiger partial charge is 0.455 e. The number of hydrogen-bond donors (Lipinski definition) is 1. The molecule has 1 saturated heterocycles. The highest BCUT2D eigenvalue weighted by Crippen LogP contribution is 2.29. The minimum atomic E-state index is -4.05. The number of amides is 2. The highest BCUT2D eigenvalue weighted by molar-refractivity contribution is 7.89. The molecule has 14 heteroatoms. The van der Waals surface area contributed by atoms with Crippen LogP contribution >= 0.6 is 0 Å². The molecule has 0 saturated carbocycles. The first kappa shape index (κ1) is 28.9. The fraction of sp³-hybridized carbons (Fsp3) is 0.500. The van der Waals surface area contributed by atoms with E-state index in [1.165, 1.54) is 19.3 Å². The molecule has 0 aromatic carbocycles. The number of ether oxygens (including phenoxy) is 1. The van der Waals surface area contributed by atoms with Gasteiger partial charge in [-0.1, -0.05) is 0 Å². The Hall–Kier alpha value is -4.14. The van der Waals surface area contributed by atoms with E-state index in [1.54, 1.807) is 30.6 Å². The zero-order valence-corrected chi connectivity index (χ0v) is 23.6. The van der Waals surface area contributed by atoms with Crippen LogP contribution in [0.2, 0.25) is 0 Å². The second-order valence-electron chi connectivity index (χ2n) is 10.5. The number of piperazine rings is 1. The Morgan fingerprint density at radius 2 is 1.98 bits per heavy atom. The second-order valence-corrected chi connectivity index (χ2v) is 12.1. The second kappa shape index (κ2) is 11.2. The topological polar surface area (TPSA) is 176 Å². The molecule has 40 heavy (non-hydrogen) atoms. The van der Waals surface area contributed by atoms with Gasteiger partial charge in [-0.05, 0) is 45.1 Å². The molecule has 2 N–H and O–H groups in total. The molecule has 2 aliphatic rings. The van der Waals surface area contributed by atoms with Crippen LogP contribution in [0.5, 0.6) is 0 Å². The van der Waals surface area contributed by atoms with E-state index in [-0.39, 0.29) is 41.4 Å². The van der Waals surface area contributed by atoms with Crippen molar-refractivity contribution in [2.24, 2.45) is 5.14 Å². The van der Waals surface area contributed by atoms with Crippen molar-refractivity contribution in [2.75, 3.05) is 31.1 Å². The predicted molar refractivity (Wildman–Crippen MR) is 142 cm³/mol. The Morgan fingerprint density at radius 1 is 1.23 bits per heavy atom. The van der Waals surface area contributed by atoms with Crippen molar-refractivity contribution in [2.45, 2.75) is 63.6 Å². The maximum atomic E-state index is 12.8. The zero-order chi connectivity index (χ0) is 29.2. The Balaban J connectivity index is 1.74. The van der Waals surface area contributed by atoms with E-state index in [9.17, 15) is 23.3 Å². The third kappa shape index (κ3) is 6.52. The van der Waals surface area contributed by atoms with Crippen LogP contribution in [0.25, 0.3) is 0 Å². The molecule has 1 atom stereocenters. The molecule has 1 fully saturated rings. The maximum Gasteiger partial charge on any atom is 0.410 e. The fourth-order valence-electron chi connectivity index (χ4n) is 4.68. The lowest BCUT2D eigenvalue weighted by molar-refractivity contribution is -0.131. The van der Waals surface area contributed by atoms with Crippen molar-refractivity contribution < 1.29 is 27.2 Å². The van der Waals surface area contributed by atoms with Crippen LogP contribution < -0.4 is 10.0 Å². The van der Waals surface area contributed by atoms with Crippen molar-refractivity contribution in [3.05, 3.63) is 35.2 Å². The van der Waals surface area contributed by atoms with Crippen molar-refractivity contribution >= 4 is 27.8 Å². The molecule has 2 aromatic rings. The summed E-state index contributed by atoms with van der Waals surface area (Å²) in [6, 6.07) is 3.04. The Bertz CT molecular complexity index is 1530. The van der Waals surface area contributed by atoms with Gasteiger partial charge >= 0.3 is 6.09 Å². The molecular weight excluding hydrogens is 538 g/mol. The van der Waals surface area contributed by atoms with Crippen molar-refractivity contribution in [3.8, 4) is 17.9 Å². The summed E-state index contributed by atoms with van der Waals surface area (Å²) in [7, 11) is -4.05. The summed E-state index contributed by atoms with van der Waals surface area (Å²) in [5.74, 6) is 5.85. The van der Waals surface area contributed by atoms with Gasteiger partial charge in [-0.2, -0.15) is 5.26 Å². The number of furan rings is 1. The number of nitrogens with zero attached hydrogens (tertiary/aromatic N) is 6. The van der Waals surface area contributed by atoms with Gasteiger partial charge in [0.2, 0.25) is 21.8 Å². The molecule has 4 heterocycles. The lowest BCUT2D eigenvalue weighted by Crippen LogP contribution is -2.55. The minimum Gasteiger partial charge on any atom is -0.455 e. The third-order valence-electron chi connectivity index (χ3n) is 6.43. The zero-order valence-electron chi connectivity index (χ0n) is 22.8. The number of carbonyl (C=O) groups excluding carboxylic acids is 2. The normalized spacial score (nSPS) is 17.4. The SMILES string of the molecule is CC(=O)N1CCN(c2nc(C#Cc3occc3S(N)(=O)=O)nc3c2CCN(C(=O)OC(C)(C)C)C3)C[C@@H]1CC#N. The molecule has 2 aliphatic heterocycles. The number of nitrogens with two attached hydrogens (primary N) is 1. The van der Waals surface area contributed by atoms with Gasteiger partial charge in [-0.15, -0.1) is 0 Å². The van der Waals surface area contributed by atoms with Crippen LogP contribution in [0, 0.1) is 23.2 Å². The highest BCUT2D eigenvalue weighted by Gasteiger charge is 2.34. The smallest absolute Gasteiger partial charge is 0.410 e. The summed E-state index contributed by atoms with van der Waals surface area (Å²) >= 11 is 0. The average molecular weight is 570 g/mol. The van der Waals surface area contributed by atoms with E-state index < -0.39 is 21.7 Å². The molecule has 0 spiro atoms. The summed E-state index contributed by atoms with van der Waals surface area (Å²) in [4.78, 5) is 39.2. The number of aromatic nitrogens is 2.